The van der Waals surface area contributed by atoms with Crippen LogP contribution in [0.2, 0.25) is 0 Å². The molecule has 1 aliphatic rings. The number of benzene rings is 1. The Labute approximate surface area is 129 Å². The first-order chi connectivity index (χ1) is 10.4. The van der Waals surface area contributed by atoms with Crippen molar-refractivity contribution in [1.82, 2.24) is 4.90 Å². The molecule has 1 aromatic rings. The van der Waals surface area contributed by atoms with E-state index >= 15 is 0 Å². The summed E-state index contributed by atoms with van der Waals surface area (Å²) in [5, 5.41) is 9.12. The lowest BCUT2D eigenvalue weighted by atomic mass is 10.1. The Morgan fingerprint density at radius 3 is 2.45 bits per heavy atom. The number of carbonyl (C=O) groups excluding carboxylic acids is 1. The van der Waals surface area contributed by atoms with Gasteiger partial charge in [0, 0.05) is 12.1 Å². The minimum Gasteiger partial charge on any atom is -0.480 e. The molecule has 1 heterocycles. The van der Waals surface area contributed by atoms with Gasteiger partial charge in [0.15, 0.2) is 9.84 Å². The van der Waals surface area contributed by atoms with E-state index in [0.717, 1.165) is 0 Å². The van der Waals surface area contributed by atoms with Crippen LogP contribution in [-0.2, 0) is 14.6 Å². The lowest BCUT2D eigenvalue weighted by Crippen LogP contribution is -2.40. The van der Waals surface area contributed by atoms with E-state index in [9.17, 15) is 18.0 Å². The van der Waals surface area contributed by atoms with Crippen LogP contribution in [0.1, 0.15) is 36.5 Å². The van der Waals surface area contributed by atoms with Gasteiger partial charge in [0.2, 0.25) is 0 Å². The summed E-state index contributed by atoms with van der Waals surface area (Å²) < 4.78 is 23.9. The Hall–Kier alpha value is -1.89. The van der Waals surface area contributed by atoms with Gasteiger partial charge in [-0.1, -0.05) is 6.92 Å². The van der Waals surface area contributed by atoms with Gasteiger partial charge in [0.25, 0.3) is 5.91 Å². The average molecular weight is 325 g/mol. The second kappa shape index (κ2) is 6.48. The highest BCUT2D eigenvalue weighted by atomic mass is 32.2. The SMILES string of the molecule is CCCS(=O)(=O)c1ccc(C(=O)N2CCC[C@@H]2C(=O)O)cc1. The highest BCUT2D eigenvalue weighted by Gasteiger charge is 2.34. The molecule has 0 spiro atoms. The Balaban J connectivity index is 2.20. The minimum absolute atomic E-state index is 0.0630. The predicted octanol–water partition coefficient (Wildman–Crippen LogP) is 1.56. The highest BCUT2D eigenvalue weighted by Crippen LogP contribution is 2.21. The topological polar surface area (TPSA) is 91.8 Å². The summed E-state index contributed by atoms with van der Waals surface area (Å²) in [6, 6.07) is 4.91. The summed E-state index contributed by atoms with van der Waals surface area (Å²) in [7, 11) is -3.32. The fourth-order valence-electron chi connectivity index (χ4n) is 2.62. The number of amides is 1. The number of sulfone groups is 1. The second-order valence-electron chi connectivity index (χ2n) is 5.34. The number of aliphatic carboxylic acids is 1. The van der Waals surface area contributed by atoms with Crippen LogP contribution in [0, 0.1) is 0 Å². The smallest absolute Gasteiger partial charge is 0.326 e. The summed E-state index contributed by atoms with van der Waals surface area (Å²) in [5.41, 5.74) is 0.309. The van der Waals surface area contributed by atoms with E-state index in [1.807, 2.05) is 0 Å². The third kappa shape index (κ3) is 3.30. The molecular formula is C15H19NO5S. The Bertz CT molecular complexity index is 666. The van der Waals surface area contributed by atoms with Gasteiger partial charge in [-0.05, 0) is 43.5 Å². The summed E-state index contributed by atoms with van der Waals surface area (Å²) >= 11 is 0. The van der Waals surface area contributed by atoms with Crippen LogP contribution in [-0.4, -0.2) is 48.6 Å². The zero-order valence-electron chi connectivity index (χ0n) is 12.4. The third-order valence-electron chi connectivity index (χ3n) is 3.73. The fraction of sp³-hybridized carbons (Fsp3) is 0.467. The minimum atomic E-state index is -3.32. The lowest BCUT2D eigenvalue weighted by molar-refractivity contribution is -0.141. The summed E-state index contributed by atoms with van der Waals surface area (Å²) in [4.78, 5) is 25.0. The molecule has 0 aromatic heterocycles. The third-order valence-corrected chi connectivity index (χ3v) is 5.67. The number of carboxylic acids is 1. The molecule has 1 aliphatic heterocycles. The van der Waals surface area contributed by atoms with E-state index in [1.165, 1.54) is 29.2 Å². The fourth-order valence-corrected chi connectivity index (χ4v) is 3.95. The van der Waals surface area contributed by atoms with Gasteiger partial charge < -0.3 is 10.0 Å². The molecule has 2 rings (SSSR count). The molecule has 1 aromatic carbocycles. The molecule has 1 N–H and O–H groups in total. The van der Waals surface area contributed by atoms with Crippen molar-refractivity contribution in [2.45, 2.75) is 37.1 Å². The standard InChI is InChI=1S/C15H19NO5S/c1-2-10-22(20,21)12-7-5-11(6-8-12)14(17)16-9-3-4-13(16)15(18)19/h5-8,13H,2-4,9-10H2,1H3,(H,18,19)/t13-/m1/s1. The molecule has 0 unspecified atom stereocenters. The van der Waals surface area contributed by atoms with Crippen LogP contribution < -0.4 is 0 Å². The Kier molecular flexibility index (Phi) is 4.85. The van der Waals surface area contributed by atoms with Crippen LogP contribution in [0.3, 0.4) is 0 Å². The number of rotatable bonds is 5. The molecule has 7 heteroatoms. The van der Waals surface area contributed by atoms with Gasteiger partial charge in [0.05, 0.1) is 10.6 Å². The molecular weight excluding hydrogens is 306 g/mol. The molecule has 1 atom stereocenters. The zero-order valence-corrected chi connectivity index (χ0v) is 13.2. The summed E-state index contributed by atoms with van der Waals surface area (Å²) in [5.74, 6) is -1.31. The van der Waals surface area contributed by atoms with Crippen LogP contribution in [0.15, 0.2) is 29.2 Å². The molecule has 1 saturated heterocycles. The second-order valence-corrected chi connectivity index (χ2v) is 7.45. The quantitative estimate of drug-likeness (QED) is 0.887. The van der Waals surface area contributed by atoms with E-state index in [0.29, 0.717) is 31.4 Å². The number of hydrogen-bond donors (Lipinski definition) is 1. The van der Waals surface area contributed by atoms with Crippen molar-refractivity contribution >= 4 is 21.7 Å². The Morgan fingerprint density at radius 2 is 1.91 bits per heavy atom. The molecule has 0 saturated carbocycles. The molecule has 0 radical (unpaired) electrons. The summed E-state index contributed by atoms with van der Waals surface area (Å²) in [6.07, 6.45) is 1.63. The summed E-state index contributed by atoms with van der Waals surface area (Å²) in [6.45, 7) is 2.19. The van der Waals surface area contributed by atoms with Gasteiger partial charge in [-0.3, -0.25) is 4.79 Å². The Morgan fingerprint density at radius 1 is 1.27 bits per heavy atom. The van der Waals surface area contributed by atoms with Crippen LogP contribution in [0.25, 0.3) is 0 Å². The maximum atomic E-state index is 12.4. The maximum Gasteiger partial charge on any atom is 0.326 e. The van der Waals surface area contributed by atoms with E-state index in [4.69, 9.17) is 5.11 Å². The average Bonchev–Trinajstić information content (AvgIpc) is 2.96. The van der Waals surface area contributed by atoms with Crippen molar-refractivity contribution in [3.63, 3.8) is 0 Å². The molecule has 1 fully saturated rings. The van der Waals surface area contributed by atoms with Crippen molar-refractivity contribution in [2.75, 3.05) is 12.3 Å². The zero-order chi connectivity index (χ0) is 16.3. The van der Waals surface area contributed by atoms with Gasteiger partial charge in [-0.2, -0.15) is 0 Å². The predicted molar refractivity (Wildman–Crippen MR) is 80.5 cm³/mol. The first-order valence-electron chi connectivity index (χ1n) is 7.23. The largest absolute Gasteiger partial charge is 0.480 e. The molecule has 0 bridgehead atoms. The molecule has 1 amide bonds. The normalized spacial score (nSPS) is 18.4. The number of carbonyl (C=O) groups is 2. The number of likely N-dealkylation sites (tertiary alicyclic amines) is 1. The lowest BCUT2D eigenvalue weighted by Gasteiger charge is -2.21. The number of hydrogen-bond acceptors (Lipinski definition) is 4. The van der Waals surface area contributed by atoms with Gasteiger partial charge in [0.1, 0.15) is 6.04 Å². The number of carboxylic acid groups (broad SMARTS) is 1. The van der Waals surface area contributed by atoms with Crippen LogP contribution in [0.5, 0.6) is 0 Å². The van der Waals surface area contributed by atoms with Gasteiger partial charge in [-0.15, -0.1) is 0 Å². The van der Waals surface area contributed by atoms with E-state index < -0.39 is 21.8 Å². The van der Waals surface area contributed by atoms with E-state index in [2.05, 4.69) is 0 Å². The van der Waals surface area contributed by atoms with Crippen LogP contribution >= 0.6 is 0 Å². The van der Waals surface area contributed by atoms with Crippen LogP contribution in [0.4, 0.5) is 0 Å². The molecule has 0 aliphatic carbocycles. The van der Waals surface area contributed by atoms with Crippen molar-refractivity contribution < 1.29 is 23.1 Å². The first-order valence-corrected chi connectivity index (χ1v) is 8.88. The molecule has 120 valence electrons. The number of nitrogens with zero attached hydrogens (tertiary/aromatic N) is 1. The maximum absolute atomic E-state index is 12.4. The van der Waals surface area contributed by atoms with Crippen molar-refractivity contribution in [2.24, 2.45) is 0 Å². The first kappa shape index (κ1) is 16.5. The van der Waals surface area contributed by atoms with Crippen molar-refractivity contribution in [3.8, 4) is 0 Å². The monoisotopic (exact) mass is 325 g/mol. The van der Waals surface area contributed by atoms with Gasteiger partial charge in [-0.25, -0.2) is 13.2 Å². The van der Waals surface area contributed by atoms with Crippen molar-refractivity contribution in [1.29, 1.82) is 0 Å². The van der Waals surface area contributed by atoms with Gasteiger partial charge >= 0.3 is 5.97 Å². The molecule has 22 heavy (non-hydrogen) atoms. The molecule has 6 nitrogen and oxygen atoms in total. The highest BCUT2D eigenvalue weighted by molar-refractivity contribution is 7.91. The van der Waals surface area contributed by atoms with E-state index in [1.54, 1.807) is 6.92 Å². The van der Waals surface area contributed by atoms with Crippen molar-refractivity contribution in [3.05, 3.63) is 29.8 Å². The van der Waals surface area contributed by atoms with E-state index in [-0.39, 0.29) is 16.6 Å².